The minimum Gasteiger partial charge on any atom is -0.328 e. The third-order valence-corrected chi connectivity index (χ3v) is 3.31. The molecule has 0 radical (unpaired) electrons. The molecule has 0 spiro atoms. The number of hydrogen-bond donors (Lipinski definition) is 2. The van der Waals surface area contributed by atoms with E-state index in [-0.39, 0.29) is 15.1 Å². The maximum Gasteiger partial charge on any atom is 0.0962 e. The lowest BCUT2D eigenvalue weighted by molar-refractivity contribution is -0.215. The lowest BCUT2D eigenvalue weighted by Crippen LogP contribution is -2.60. The Morgan fingerprint density at radius 3 is 2.33 bits per heavy atom. The van der Waals surface area contributed by atoms with E-state index in [1.165, 1.54) is 5.06 Å². The average molecular weight is 284 g/mol. The SMILES string of the molecule is CC1(C)CC(N)CC(C)(I)N1O. The molecule has 72 valence electrons. The van der Waals surface area contributed by atoms with E-state index in [9.17, 15) is 5.21 Å². The van der Waals surface area contributed by atoms with Crippen molar-refractivity contribution >= 4 is 22.6 Å². The number of nitrogens with two attached hydrogens (primary N) is 1. The Balaban J connectivity index is 2.84. The van der Waals surface area contributed by atoms with E-state index in [1.807, 2.05) is 20.8 Å². The first-order chi connectivity index (χ1) is 5.26. The lowest BCUT2D eigenvalue weighted by Gasteiger charge is -2.49. The van der Waals surface area contributed by atoms with E-state index >= 15 is 0 Å². The first-order valence-corrected chi connectivity index (χ1v) is 5.27. The highest BCUT2D eigenvalue weighted by Gasteiger charge is 2.45. The quantitative estimate of drug-likeness (QED) is 0.404. The minimum absolute atomic E-state index is 0.199. The predicted molar refractivity (Wildman–Crippen MR) is 57.3 cm³/mol. The summed E-state index contributed by atoms with van der Waals surface area (Å²) in [5, 5.41) is 11.3. The van der Waals surface area contributed by atoms with Crippen molar-refractivity contribution in [3.8, 4) is 0 Å². The molecular weight excluding hydrogens is 267 g/mol. The van der Waals surface area contributed by atoms with E-state index in [0.29, 0.717) is 0 Å². The van der Waals surface area contributed by atoms with Gasteiger partial charge in [-0.05, 0) is 33.6 Å². The predicted octanol–water partition coefficient (Wildman–Crippen LogP) is 1.73. The van der Waals surface area contributed by atoms with Crippen LogP contribution in [-0.2, 0) is 0 Å². The lowest BCUT2D eigenvalue weighted by atomic mass is 9.86. The monoisotopic (exact) mass is 284 g/mol. The van der Waals surface area contributed by atoms with Gasteiger partial charge in [-0.1, -0.05) is 22.6 Å². The van der Waals surface area contributed by atoms with Crippen LogP contribution in [0.2, 0.25) is 0 Å². The second-order valence-corrected chi connectivity index (χ2v) is 6.76. The Morgan fingerprint density at radius 2 is 1.92 bits per heavy atom. The highest BCUT2D eigenvalue weighted by Crippen LogP contribution is 2.40. The van der Waals surface area contributed by atoms with Crippen molar-refractivity contribution in [2.45, 2.75) is 48.7 Å². The van der Waals surface area contributed by atoms with Crippen molar-refractivity contribution in [3.05, 3.63) is 0 Å². The Kier molecular flexibility index (Phi) is 2.74. The van der Waals surface area contributed by atoms with Gasteiger partial charge in [-0.15, -0.1) is 0 Å². The molecule has 1 aliphatic rings. The maximum atomic E-state index is 9.85. The number of nitrogens with zero attached hydrogens (tertiary/aromatic N) is 1. The number of halogens is 1. The van der Waals surface area contributed by atoms with Crippen LogP contribution in [0.1, 0.15) is 33.6 Å². The molecule has 3 nitrogen and oxygen atoms in total. The zero-order chi connectivity index (χ0) is 9.57. The van der Waals surface area contributed by atoms with Crippen LogP contribution >= 0.6 is 22.6 Å². The minimum atomic E-state index is -0.223. The van der Waals surface area contributed by atoms with Crippen molar-refractivity contribution in [1.29, 1.82) is 0 Å². The van der Waals surface area contributed by atoms with Gasteiger partial charge in [0.15, 0.2) is 0 Å². The molecule has 2 unspecified atom stereocenters. The fraction of sp³-hybridized carbons (Fsp3) is 1.00. The van der Waals surface area contributed by atoms with Gasteiger partial charge in [0.2, 0.25) is 0 Å². The van der Waals surface area contributed by atoms with Crippen LogP contribution in [0, 0.1) is 0 Å². The smallest absolute Gasteiger partial charge is 0.0962 e. The number of piperidine rings is 1. The second-order valence-electron chi connectivity index (χ2n) is 4.43. The van der Waals surface area contributed by atoms with Gasteiger partial charge in [0.25, 0.3) is 0 Å². The van der Waals surface area contributed by atoms with Crippen molar-refractivity contribution in [2.75, 3.05) is 0 Å². The molecule has 1 fully saturated rings. The molecule has 4 heteroatoms. The fourth-order valence-electron chi connectivity index (χ4n) is 2.00. The van der Waals surface area contributed by atoms with Gasteiger partial charge in [-0.25, -0.2) is 0 Å². The summed E-state index contributed by atoms with van der Waals surface area (Å²) in [6.07, 6.45) is 1.69. The van der Waals surface area contributed by atoms with Crippen LogP contribution in [0.4, 0.5) is 0 Å². The van der Waals surface area contributed by atoms with Gasteiger partial charge in [0.05, 0.1) is 3.55 Å². The van der Waals surface area contributed by atoms with Crippen molar-refractivity contribution < 1.29 is 5.21 Å². The zero-order valence-corrected chi connectivity index (χ0v) is 10.00. The van der Waals surface area contributed by atoms with Gasteiger partial charge in [-0.2, -0.15) is 5.06 Å². The molecule has 0 aromatic rings. The summed E-state index contributed by atoms with van der Waals surface area (Å²) >= 11 is 2.25. The summed E-state index contributed by atoms with van der Waals surface area (Å²) < 4.78 is -0.223. The second kappa shape index (κ2) is 3.08. The molecule has 0 amide bonds. The summed E-state index contributed by atoms with van der Waals surface area (Å²) in [4.78, 5) is 0. The molecule has 0 aromatic carbocycles. The van der Waals surface area contributed by atoms with Crippen molar-refractivity contribution in [1.82, 2.24) is 5.06 Å². The summed E-state index contributed by atoms with van der Waals surface area (Å²) in [7, 11) is 0. The Morgan fingerprint density at radius 1 is 1.42 bits per heavy atom. The van der Waals surface area contributed by atoms with Gasteiger partial charge in [-0.3, -0.25) is 0 Å². The van der Waals surface area contributed by atoms with E-state index in [2.05, 4.69) is 22.6 Å². The van der Waals surface area contributed by atoms with Crippen LogP contribution < -0.4 is 5.73 Å². The first kappa shape index (κ1) is 10.7. The molecular formula is C8H17IN2O. The third-order valence-electron chi connectivity index (χ3n) is 2.41. The van der Waals surface area contributed by atoms with Crippen LogP contribution in [0.15, 0.2) is 0 Å². The zero-order valence-electron chi connectivity index (χ0n) is 7.84. The largest absolute Gasteiger partial charge is 0.328 e. The molecule has 0 aromatic heterocycles. The van der Waals surface area contributed by atoms with Gasteiger partial charge >= 0.3 is 0 Å². The maximum absolute atomic E-state index is 9.85. The van der Waals surface area contributed by atoms with Gasteiger partial charge < -0.3 is 10.9 Å². The Hall–Kier alpha value is 0.610. The number of rotatable bonds is 0. The molecule has 0 saturated carbocycles. The van der Waals surface area contributed by atoms with Crippen LogP contribution in [-0.4, -0.2) is 25.4 Å². The van der Waals surface area contributed by atoms with Crippen molar-refractivity contribution in [3.63, 3.8) is 0 Å². The van der Waals surface area contributed by atoms with Crippen molar-refractivity contribution in [2.24, 2.45) is 5.73 Å². The Bertz CT molecular complexity index is 164. The average Bonchev–Trinajstić information content (AvgIpc) is 1.80. The normalized spacial score (nSPS) is 43.0. The van der Waals surface area contributed by atoms with Crippen LogP contribution in [0.3, 0.4) is 0 Å². The van der Waals surface area contributed by atoms with Crippen LogP contribution in [0.5, 0.6) is 0 Å². The molecule has 1 aliphatic heterocycles. The standard InChI is InChI=1S/C8H17IN2O/c1-7(2)4-6(10)5-8(3,9)11(7)12/h6,12H,4-5,10H2,1-3H3. The first-order valence-electron chi connectivity index (χ1n) is 4.19. The summed E-state index contributed by atoms with van der Waals surface area (Å²) in [5.41, 5.74) is 5.70. The molecule has 1 rings (SSSR count). The van der Waals surface area contributed by atoms with E-state index in [0.717, 1.165) is 12.8 Å². The highest BCUT2D eigenvalue weighted by atomic mass is 127. The molecule has 1 saturated heterocycles. The molecule has 2 atom stereocenters. The van der Waals surface area contributed by atoms with E-state index < -0.39 is 0 Å². The molecule has 1 heterocycles. The van der Waals surface area contributed by atoms with Gasteiger partial charge in [0, 0.05) is 11.6 Å². The van der Waals surface area contributed by atoms with E-state index in [1.54, 1.807) is 0 Å². The summed E-state index contributed by atoms with van der Waals surface area (Å²) in [6.45, 7) is 6.04. The van der Waals surface area contributed by atoms with Gasteiger partial charge in [0.1, 0.15) is 0 Å². The third kappa shape index (κ3) is 1.92. The highest BCUT2D eigenvalue weighted by molar-refractivity contribution is 14.1. The summed E-state index contributed by atoms with van der Waals surface area (Å²) in [5.74, 6) is 0. The molecule has 12 heavy (non-hydrogen) atoms. The Labute approximate surface area is 87.4 Å². The number of alkyl halides is 1. The summed E-state index contributed by atoms with van der Waals surface area (Å²) in [6, 6.07) is 0.199. The van der Waals surface area contributed by atoms with Crippen LogP contribution in [0.25, 0.3) is 0 Å². The molecule has 0 aliphatic carbocycles. The topological polar surface area (TPSA) is 49.5 Å². The number of hydrogen-bond acceptors (Lipinski definition) is 3. The molecule has 3 N–H and O–H groups in total. The number of hydroxylamine groups is 2. The van der Waals surface area contributed by atoms with E-state index in [4.69, 9.17) is 5.73 Å². The fourth-order valence-corrected chi connectivity index (χ4v) is 3.22. The molecule has 0 bridgehead atoms.